The lowest BCUT2D eigenvalue weighted by molar-refractivity contribution is -0.137. The van der Waals surface area contributed by atoms with Crippen molar-refractivity contribution in [3.8, 4) is 6.07 Å². The molecule has 1 fully saturated rings. The van der Waals surface area contributed by atoms with Crippen LogP contribution in [-0.2, 0) is 11.0 Å². The SMILES string of the molecule is N#CC1(C(=O)Nc2cc(C(F)(F)F)ccc2Br)CC1. The maximum Gasteiger partial charge on any atom is 0.416 e. The Morgan fingerprint density at radius 3 is 2.53 bits per heavy atom. The number of nitriles is 1. The van der Waals surface area contributed by atoms with Crippen LogP contribution in [0.5, 0.6) is 0 Å². The van der Waals surface area contributed by atoms with Gasteiger partial charge in [0.05, 0.1) is 17.3 Å². The molecule has 0 unspecified atom stereocenters. The summed E-state index contributed by atoms with van der Waals surface area (Å²) in [5.74, 6) is -0.560. The van der Waals surface area contributed by atoms with Crippen molar-refractivity contribution in [3.63, 3.8) is 0 Å². The maximum atomic E-state index is 12.6. The fraction of sp³-hybridized carbons (Fsp3) is 0.333. The summed E-state index contributed by atoms with van der Waals surface area (Å²) in [4.78, 5) is 11.8. The standard InChI is InChI=1S/C12H8BrF3N2O/c13-8-2-1-7(12(14,15)16)5-9(8)18-10(19)11(6-17)3-4-11/h1-2,5H,3-4H2,(H,18,19). The van der Waals surface area contributed by atoms with Crippen molar-refractivity contribution >= 4 is 27.5 Å². The molecule has 1 aromatic rings. The molecule has 0 aromatic heterocycles. The Hall–Kier alpha value is -1.55. The van der Waals surface area contributed by atoms with Gasteiger partial charge in [0.25, 0.3) is 0 Å². The largest absolute Gasteiger partial charge is 0.416 e. The number of carbonyl (C=O) groups excluding carboxylic acids is 1. The molecule has 0 aliphatic heterocycles. The smallest absolute Gasteiger partial charge is 0.324 e. The minimum atomic E-state index is -4.48. The molecule has 0 heterocycles. The van der Waals surface area contributed by atoms with E-state index in [1.807, 2.05) is 6.07 Å². The summed E-state index contributed by atoms with van der Waals surface area (Å²) in [6.45, 7) is 0. The molecule has 1 amide bonds. The van der Waals surface area contributed by atoms with Gasteiger partial charge in [-0.1, -0.05) is 0 Å². The quantitative estimate of drug-likeness (QED) is 0.897. The monoisotopic (exact) mass is 332 g/mol. The Labute approximate surface area is 115 Å². The van der Waals surface area contributed by atoms with E-state index < -0.39 is 23.1 Å². The van der Waals surface area contributed by atoms with E-state index in [2.05, 4.69) is 21.2 Å². The van der Waals surface area contributed by atoms with Gasteiger partial charge in [0, 0.05) is 4.47 Å². The van der Waals surface area contributed by atoms with E-state index >= 15 is 0 Å². The van der Waals surface area contributed by atoms with E-state index in [9.17, 15) is 18.0 Å². The number of amides is 1. The summed E-state index contributed by atoms with van der Waals surface area (Å²) >= 11 is 3.07. The van der Waals surface area contributed by atoms with Crippen molar-refractivity contribution in [2.24, 2.45) is 5.41 Å². The zero-order valence-corrected chi connectivity index (χ0v) is 11.1. The first-order chi connectivity index (χ1) is 8.78. The molecule has 0 saturated heterocycles. The van der Waals surface area contributed by atoms with Gasteiger partial charge in [0.1, 0.15) is 5.41 Å². The molecule has 19 heavy (non-hydrogen) atoms. The molecule has 100 valence electrons. The molecule has 0 radical (unpaired) electrons. The van der Waals surface area contributed by atoms with Crippen LogP contribution in [0.1, 0.15) is 18.4 Å². The average Bonchev–Trinajstić information content (AvgIpc) is 3.11. The third kappa shape index (κ3) is 2.73. The summed E-state index contributed by atoms with van der Waals surface area (Å²) in [6, 6.07) is 4.86. The molecule has 0 atom stereocenters. The summed E-state index contributed by atoms with van der Waals surface area (Å²) in [5.41, 5.74) is -1.91. The first-order valence-corrected chi connectivity index (χ1v) is 6.17. The van der Waals surface area contributed by atoms with Gasteiger partial charge in [-0.3, -0.25) is 4.79 Å². The van der Waals surface area contributed by atoms with E-state index in [0.717, 1.165) is 12.1 Å². The van der Waals surface area contributed by atoms with Crippen LogP contribution < -0.4 is 5.32 Å². The highest BCUT2D eigenvalue weighted by Crippen LogP contribution is 2.46. The second-order valence-electron chi connectivity index (χ2n) is 4.34. The van der Waals surface area contributed by atoms with Crippen molar-refractivity contribution in [2.45, 2.75) is 19.0 Å². The summed E-state index contributed by atoms with van der Waals surface area (Å²) in [5, 5.41) is 11.2. The van der Waals surface area contributed by atoms with Gasteiger partial charge in [0.2, 0.25) is 5.91 Å². The Balaban J connectivity index is 2.26. The second kappa shape index (κ2) is 4.53. The molecular weight excluding hydrogens is 325 g/mol. The van der Waals surface area contributed by atoms with Crippen molar-refractivity contribution in [1.29, 1.82) is 5.26 Å². The Morgan fingerprint density at radius 2 is 2.05 bits per heavy atom. The van der Waals surface area contributed by atoms with Gasteiger partial charge in [-0.05, 0) is 47.0 Å². The number of benzene rings is 1. The van der Waals surface area contributed by atoms with Crippen LogP contribution in [-0.4, -0.2) is 5.91 Å². The van der Waals surface area contributed by atoms with Gasteiger partial charge >= 0.3 is 6.18 Å². The zero-order chi connectivity index (χ0) is 14.3. The summed E-state index contributed by atoms with van der Waals surface area (Å²) < 4.78 is 38.0. The van der Waals surface area contributed by atoms with E-state index in [1.165, 1.54) is 6.07 Å². The van der Waals surface area contributed by atoms with Crippen molar-refractivity contribution < 1.29 is 18.0 Å². The third-order valence-electron chi connectivity index (χ3n) is 2.94. The highest BCUT2D eigenvalue weighted by atomic mass is 79.9. The van der Waals surface area contributed by atoms with Crippen molar-refractivity contribution in [3.05, 3.63) is 28.2 Å². The molecule has 1 saturated carbocycles. The van der Waals surface area contributed by atoms with Crippen LogP contribution in [0.15, 0.2) is 22.7 Å². The minimum Gasteiger partial charge on any atom is -0.324 e. The fourth-order valence-corrected chi connectivity index (χ4v) is 1.90. The predicted molar refractivity (Wildman–Crippen MR) is 65.1 cm³/mol. The minimum absolute atomic E-state index is 0.0151. The zero-order valence-electron chi connectivity index (χ0n) is 9.51. The number of rotatable bonds is 2. The van der Waals surface area contributed by atoms with Gasteiger partial charge in [-0.15, -0.1) is 0 Å². The van der Waals surface area contributed by atoms with Crippen LogP contribution in [0.4, 0.5) is 18.9 Å². The third-order valence-corrected chi connectivity index (χ3v) is 3.63. The van der Waals surface area contributed by atoms with Gasteiger partial charge < -0.3 is 5.32 Å². The number of halogens is 4. The summed E-state index contributed by atoms with van der Waals surface area (Å²) in [7, 11) is 0. The molecule has 1 aromatic carbocycles. The summed E-state index contributed by atoms with van der Waals surface area (Å²) in [6.07, 6.45) is -3.61. The molecule has 7 heteroatoms. The molecule has 1 aliphatic rings. The normalized spacial score (nSPS) is 16.6. The van der Waals surface area contributed by atoms with Gasteiger partial charge in [0.15, 0.2) is 0 Å². The average molecular weight is 333 g/mol. The Kier molecular flexibility index (Phi) is 3.31. The first kappa shape index (κ1) is 13.9. The lowest BCUT2D eigenvalue weighted by atomic mass is 10.1. The molecule has 0 spiro atoms. The highest BCUT2D eigenvalue weighted by molar-refractivity contribution is 9.10. The molecular formula is C12H8BrF3N2O. The molecule has 1 N–H and O–H groups in total. The highest BCUT2D eigenvalue weighted by Gasteiger charge is 2.50. The molecule has 2 rings (SSSR count). The Bertz CT molecular complexity index is 573. The lowest BCUT2D eigenvalue weighted by Crippen LogP contribution is -2.23. The van der Waals surface area contributed by atoms with E-state index in [1.54, 1.807) is 0 Å². The molecule has 1 aliphatic carbocycles. The van der Waals surface area contributed by atoms with Crippen LogP contribution in [0.25, 0.3) is 0 Å². The van der Waals surface area contributed by atoms with Gasteiger partial charge in [-0.2, -0.15) is 18.4 Å². The van der Waals surface area contributed by atoms with Crippen LogP contribution in [0, 0.1) is 16.7 Å². The molecule has 0 bridgehead atoms. The lowest BCUT2D eigenvalue weighted by Gasteiger charge is -2.13. The predicted octanol–water partition coefficient (Wildman–Crippen LogP) is 3.71. The molecule has 3 nitrogen and oxygen atoms in total. The second-order valence-corrected chi connectivity index (χ2v) is 5.19. The van der Waals surface area contributed by atoms with Crippen molar-refractivity contribution in [2.75, 3.05) is 5.32 Å². The number of nitrogens with one attached hydrogen (secondary N) is 1. The first-order valence-electron chi connectivity index (χ1n) is 5.38. The Morgan fingerprint density at radius 1 is 1.42 bits per heavy atom. The van der Waals surface area contributed by atoms with Crippen LogP contribution in [0.3, 0.4) is 0 Å². The topological polar surface area (TPSA) is 52.9 Å². The van der Waals surface area contributed by atoms with E-state index in [-0.39, 0.29) is 5.69 Å². The van der Waals surface area contributed by atoms with Gasteiger partial charge in [-0.25, -0.2) is 0 Å². The number of nitrogens with zero attached hydrogens (tertiary/aromatic N) is 1. The van der Waals surface area contributed by atoms with E-state index in [4.69, 9.17) is 5.26 Å². The number of anilines is 1. The number of alkyl halides is 3. The van der Waals surface area contributed by atoms with Crippen LogP contribution in [0.2, 0.25) is 0 Å². The van der Waals surface area contributed by atoms with Crippen LogP contribution >= 0.6 is 15.9 Å². The number of hydrogen-bond acceptors (Lipinski definition) is 2. The maximum absolute atomic E-state index is 12.6. The van der Waals surface area contributed by atoms with E-state index in [0.29, 0.717) is 17.3 Å². The van der Waals surface area contributed by atoms with Crippen molar-refractivity contribution in [1.82, 2.24) is 0 Å². The fourth-order valence-electron chi connectivity index (χ4n) is 1.55. The number of hydrogen-bond donors (Lipinski definition) is 1. The number of carbonyl (C=O) groups is 1.